The molecule has 1 aliphatic heterocycles. The summed E-state index contributed by atoms with van der Waals surface area (Å²) in [4.78, 5) is 0. The Kier molecular flexibility index (Phi) is 7.44. The van der Waals surface area contributed by atoms with E-state index in [1.807, 2.05) is 19.1 Å². The maximum absolute atomic E-state index is 14.4. The van der Waals surface area contributed by atoms with Gasteiger partial charge in [0.2, 0.25) is 5.88 Å². The molecule has 4 N–H and O–H groups in total. The first kappa shape index (κ1) is 25.9. The van der Waals surface area contributed by atoms with Crippen molar-refractivity contribution in [3.63, 3.8) is 0 Å². The number of aliphatic hydroxyl groups excluding tert-OH is 3. The van der Waals surface area contributed by atoms with Crippen molar-refractivity contribution in [1.29, 1.82) is 0 Å². The fraction of sp³-hybridized carbons (Fsp3) is 0.625. The molecule has 2 aromatic rings. The number of hydrogen-bond donors (Lipinski definition) is 4. The van der Waals surface area contributed by atoms with Gasteiger partial charge in [-0.2, -0.15) is 13.2 Å². The minimum atomic E-state index is -4.75. The van der Waals surface area contributed by atoms with Crippen LogP contribution in [0.2, 0.25) is 0 Å². The van der Waals surface area contributed by atoms with Gasteiger partial charge in [-0.1, -0.05) is 44.0 Å². The van der Waals surface area contributed by atoms with Gasteiger partial charge in [-0.3, -0.25) is 4.68 Å². The quantitative estimate of drug-likeness (QED) is 0.431. The fourth-order valence-electron chi connectivity index (χ4n) is 4.80. The lowest BCUT2D eigenvalue weighted by atomic mass is 9.97. The monoisotopic (exact) mass is 500 g/mol. The summed E-state index contributed by atoms with van der Waals surface area (Å²) in [6, 6.07) is 6.67. The van der Waals surface area contributed by atoms with Crippen molar-refractivity contribution in [1.82, 2.24) is 9.78 Å². The van der Waals surface area contributed by atoms with Crippen LogP contribution in [-0.2, 0) is 23.8 Å². The van der Waals surface area contributed by atoms with Crippen molar-refractivity contribution in [2.75, 3.05) is 13.2 Å². The molecule has 4 unspecified atom stereocenters. The maximum atomic E-state index is 14.4. The van der Waals surface area contributed by atoms with Crippen LogP contribution < -0.4 is 4.74 Å². The molecule has 0 amide bonds. The molecule has 1 aromatic carbocycles. The van der Waals surface area contributed by atoms with Crippen LogP contribution >= 0.6 is 0 Å². The summed E-state index contributed by atoms with van der Waals surface area (Å²) >= 11 is 0. The van der Waals surface area contributed by atoms with Gasteiger partial charge in [0.15, 0.2) is 0 Å². The van der Waals surface area contributed by atoms with E-state index in [2.05, 4.69) is 5.10 Å². The Labute approximate surface area is 200 Å². The zero-order chi connectivity index (χ0) is 25.4. The summed E-state index contributed by atoms with van der Waals surface area (Å²) < 4.78 is 54.8. The first-order valence-electron chi connectivity index (χ1n) is 11.8. The van der Waals surface area contributed by atoms with E-state index < -0.39 is 61.1 Å². The molecular formula is C24H31F3N2O6. The lowest BCUT2D eigenvalue weighted by Gasteiger charge is -2.41. The Balaban J connectivity index is 1.77. The van der Waals surface area contributed by atoms with Crippen LogP contribution in [0.5, 0.6) is 5.88 Å². The Hall–Kier alpha value is -2.18. The average Bonchev–Trinajstić information content (AvgIpc) is 3.47. The molecule has 0 spiro atoms. The summed E-state index contributed by atoms with van der Waals surface area (Å²) in [7, 11) is 0. The SMILES string of the molecule is CCc1ccc(Cc2c(OC3(O)COC(CO)C(O)C3O)nn(C3CCCC3)c2C(F)(F)F)cc1. The van der Waals surface area contributed by atoms with E-state index in [-0.39, 0.29) is 12.0 Å². The number of aromatic nitrogens is 2. The average molecular weight is 501 g/mol. The van der Waals surface area contributed by atoms with E-state index in [1.165, 1.54) is 0 Å². The van der Waals surface area contributed by atoms with Crippen LogP contribution in [0.15, 0.2) is 24.3 Å². The smallest absolute Gasteiger partial charge is 0.433 e. The fourth-order valence-corrected chi connectivity index (χ4v) is 4.80. The summed E-state index contributed by atoms with van der Waals surface area (Å²) in [6.45, 7) is 0.670. The van der Waals surface area contributed by atoms with Crippen LogP contribution in [0.1, 0.15) is 61.0 Å². The molecule has 4 atom stereocenters. The second-order valence-corrected chi connectivity index (χ2v) is 9.27. The van der Waals surface area contributed by atoms with Crippen molar-refractivity contribution in [3.8, 4) is 5.88 Å². The van der Waals surface area contributed by atoms with E-state index in [1.54, 1.807) is 12.1 Å². The molecule has 2 fully saturated rings. The van der Waals surface area contributed by atoms with Gasteiger partial charge in [0.25, 0.3) is 5.79 Å². The van der Waals surface area contributed by atoms with E-state index in [0.29, 0.717) is 18.4 Å². The zero-order valence-corrected chi connectivity index (χ0v) is 19.4. The first-order chi connectivity index (χ1) is 16.6. The van der Waals surface area contributed by atoms with Crippen molar-refractivity contribution < 1.29 is 43.1 Å². The van der Waals surface area contributed by atoms with Crippen molar-refractivity contribution in [2.24, 2.45) is 0 Å². The topological polar surface area (TPSA) is 117 Å². The van der Waals surface area contributed by atoms with E-state index in [9.17, 15) is 33.6 Å². The number of rotatable bonds is 7. The summed E-state index contributed by atoms with van der Waals surface area (Å²) in [5.41, 5.74) is 0.402. The first-order valence-corrected chi connectivity index (χ1v) is 11.8. The molecule has 2 aliphatic rings. The molecule has 11 heteroatoms. The van der Waals surface area contributed by atoms with Gasteiger partial charge in [-0.05, 0) is 30.4 Å². The molecule has 0 radical (unpaired) electrons. The van der Waals surface area contributed by atoms with Crippen molar-refractivity contribution >= 4 is 0 Å². The molecule has 8 nitrogen and oxygen atoms in total. The minimum absolute atomic E-state index is 0.171. The van der Waals surface area contributed by atoms with Crippen molar-refractivity contribution in [2.45, 2.75) is 81.8 Å². The van der Waals surface area contributed by atoms with Crippen LogP contribution in [-0.4, -0.2) is 67.5 Å². The lowest BCUT2D eigenvalue weighted by Crippen LogP contribution is -2.64. The predicted octanol–water partition coefficient (Wildman–Crippen LogP) is 2.35. The highest BCUT2D eigenvalue weighted by atomic mass is 19.4. The predicted molar refractivity (Wildman–Crippen MR) is 118 cm³/mol. The number of ether oxygens (including phenoxy) is 2. The zero-order valence-electron chi connectivity index (χ0n) is 19.4. The van der Waals surface area contributed by atoms with Gasteiger partial charge >= 0.3 is 6.18 Å². The van der Waals surface area contributed by atoms with Crippen molar-refractivity contribution in [3.05, 3.63) is 46.6 Å². The van der Waals surface area contributed by atoms with Gasteiger partial charge in [-0.15, -0.1) is 5.10 Å². The molecule has 194 valence electrons. The lowest BCUT2D eigenvalue weighted by molar-refractivity contribution is -0.308. The Morgan fingerprint density at radius 1 is 1.14 bits per heavy atom. The maximum Gasteiger partial charge on any atom is 0.433 e. The van der Waals surface area contributed by atoms with E-state index in [4.69, 9.17) is 9.47 Å². The summed E-state index contributed by atoms with van der Waals surface area (Å²) in [5.74, 6) is -3.05. The van der Waals surface area contributed by atoms with Gasteiger partial charge in [0.1, 0.15) is 30.6 Å². The number of nitrogens with zero attached hydrogens (tertiary/aromatic N) is 2. The number of benzene rings is 1. The third-order valence-corrected chi connectivity index (χ3v) is 6.85. The summed E-state index contributed by atoms with van der Waals surface area (Å²) in [5, 5.41) is 45.0. The highest BCUT2D eigenvalue weighted by Gasteiger charge is 2.52. The number of aryl methyl sites for hydroxylation is 1. The highest BCUT2D eigenvalue weighted by molar-refractivity contribution is 5.40. The molecule has 1 saturated heterocycles. The second-order valence-electron chi connectivity index (χ2n) is 9.27. The number of hydrogen-bond acceptors (Lipinski definition) is 7. The van der Waals surface area contributed by atoms with Crippen LogP contribution in [0.4, 0.5) is 13.2 Å². The molecule has 4 rings (SSSR count). The van der Waals surface area contributed by atoms with Crippen LogP contribution in [0.25, 0.3) is 0 Å². The minimum Gasteiger partial charge on any atom is -0.438 e. The molecule has 35 heavy (non-hydrogen) atoms. The highest BCUT2D eigenvalue weighted by Crippen LogP contribution is 2.43. The number of aliphatic hydroxyl groups is 4. The normalized spacial score (nSPS) is 27.9. The Morgan fingerprint density at radius 2 is 1.77 bits per heavy atom. The molecule has 1 aliphatic carbocycles. The largest absolute Gasteiger partial charge is 0.438 e. The standard InChI is InChI=1S/C24H31F3N2O6/c1-2-14-7-9-15(10-8-14)11-17-20(24(25,26)27)29(16-5-3-4-6-16)28-22(17)35-23(33)13-34-18(12-30)19(31)21(23)32/h7-10,16,18-19,21,30-33H,2-6,11-13H2,1H3. The third kappa shape index (κ3) is 5.19. The summed E-state index contributed by atoms with van der Waals surface area (Å²) in [6.07, 6.45) is -6.37. The van der Waals surface area contributed by atoms with Crippen LogP contribution in [0.3, 0.4) is 0 Å². The molecule has 2 heterocycles. The van der Waals surface area contributed by atoms with Gasteiger partial charge in [-0.25, -0.2) is 0 Å². The van der Waals surface area contributed by atoms with Gasteiger partial charge in [0, 0.05) is 6.42 Å². The molecule has 1 aromatic heterocycles. The third-order valence-electron chi connectivity index (χ3n) is 6.85. The Bertz CT molecular complexity index is 1010. The second kappa shape index (κ2) is 10.1. The van der Waals surface area contributed by atoms with Gasteiger partial charge in [0.05, 0.1) is 18.2 Å². The van der Waals surface area contributed by atoms with Gasteiger partial charge < -0.3 is 29.9 Å². The molecule has 0 bridgehead atoms. The molecular weight excluding hydrogens is 469 g/mol. The van der Waals surface area contributed by atoms with Crippen LogP contribution in [0, 0.1) is 0 Å². The number of alkyl halides is 3. The van der Waals surface area contributed by atoms with E-state index >= 15 is 0 Å². The Morgan fingerprint density at radius 3 is 2.34 bits per heavy atom. The van der Waals surface area contributed by atoms with E-state index in [0.717, 1.165) is 29.5 Å². The number of halogens is 3. The molecule has 1 saturated carbocycles.